The number of nitrogens with two attached hydrogens (primary N) is 1. The van der Waals surface area contributed by atoms with Crippen LogP contribution in [0.4, 0.5) is 5.69 Å². The normalized spacial score (nSPS) is 16.2. The minimum atomic E-state index is -0.413. The monoisotopic (exact) mass is 279 g/mol. The maximum atomic E-state index is 11.0. The maximum Gasteiger partial charge on any atom is 0.311 e. The highest BCUT2D eigenvalue weighted by atomic mass is 16.6. The number of nitrogens with zero attached hydrogens (tertiary/aromatic N) is 2. The zero-order valence-corrected chi connectivity index (χ0v) is 11.9. The first-order chi connectivity index (χ1) is 9.56. The van der Waals surface area contributed by atoms with Gasteiger partial charge in [-0.2, -0.15) is 0 Å². The molecule has 1 aromatic rings. The third kappa shape index (κ3) is 3.26. The van der Waals surface area contributed by atoms with E-state index in [-0.39, 0.29) is 5.69 Å². The second kappa shape index (κ2) is 6.19. The summed E-state index contributed by atoms with van der Waals surface area (Å²) in [6.07, 6.45) is 2.46. The van der Waals surface area contributed by atoms with Gasteiger partial charge in [0.1, 0.15) is 0 Å². The van der Waals surface area contributed by atoms with Crippen molar-refractivity contribution in [2.75, 3.05) is 20.7 Å². The van der Waals surface area contributed by atoms with E-state index < -0.39 is 4.92 Å². The van der Waals surface area contributed by atoms with Crippen molar-refractivity contribution in [1.29, 1.82) is 0 Å². The Hall–Kier alpha value is -1.66. The van der Waals surface area contributed by atoms with Gasteiger partial charge in [0.05, 0.1) is 12.0 Å². The van der Waals surface area contributed by atoms with Crippen LogP contribution in [0, 0.1) is 16.0 Å². The zero-order chi connectivity index (χ0) is 14.7. The highest BCUT2D eigenvalue weighted by Gasteiger charge is 2.32. The average Bonchev–Trinajstić information content (AvgIpc) is 3.24. The van der Waals surface area contributed by atoms with E-state index in [0.717, 1.165) is 5.56 Å². The Morgan fingerprint density at radius 1 is 1.55 bits per heavy atom. The van der Waals surface area contributed by atoms with Gasteiger partial charge in [0.25, 0.3) is 0 Å². The van der Waals surface area contributed by atoms with Crippen molar-refractivity contribution in [3.63, 3.8) is 0 Å². The molecule has 20 heavy (non-hydrogen) atoms. The summed E-state index contributed by atoms with van der Waals surface area (Å²) >= 11 is 0. The molecule has 2 rings (SSSR count). The summed E-state index contributed by atoms with van der Waals surface area (Å²) in [4.78, 5) is 12.8. The van der Waals surface area contributed by atoms with Gasteiger partial charge in [0.15, 0.2) is 5.75 Å². The second-order valence-electron chi connectivity index (χ2n) is 5.32. The molecule has 0 bridgehead atoms. The molecular formula is C14H21N3O3. The van der Waals surface area contributed by atoms with Crippen LogP contribution in [-0.4, -0.2) is 36.6 Å². The number of ether oxygens (including phenoxy) is 1. The van der Waals surface area contributed by atoms with Gasteiger partial charge in [-0.25, -0.2) is 0 Å². The number of hydrogen-bond donors (Lipinski definition) is 1. The number of benzene rings is 1. The van der Waals surface area contributed by atoms with Crippen molar-refractivity contribution in [3.8, 4) is 5.75 Å². The van der Waals surface area contributed by atoms with Crippen LogP contribution in [0.5, 0.6) is 5.75 Å². The first-order valence-electron chi connectivity index (χ1n) is 6.78. The molecular weight excluding hydrogens is 258 g/mol. The zero-order valence-electron chi connectivity index (χ0n) is 11.9. The summed E-state index contributed by atoms with van der Waals surface area (Å²) < 4.78 is 5.01. The van der Waals surface area contributed by atoms with Gasteiger partial charge in [-0.05, 0) is 37.4 Å². The topological polar surface area (TPSA) is 81.6 Å². The van der Waals surface area contributed by atoms with Gasteiger partial charge in [-0.1, -0.05) is 6.07 Å². The molecule has 1 aliphatic rings. The Morgan fingerprint density at radius 2 is 2.25 bits per heavy atom. The molecule has 6 nitrogen and oxygen atoms in total. The Morgan fingerprint density at radius 3 is 2.75 bits per heavy atom. The molecule has 1 saturated carbocycles. The van der Waals surface area contributed by atoms with Crippen molar-refractivity contribution in [1.82, 2.24) is 4.90 Å². The van der Waals surface area contributed by atoms with E-state index in [0.29, 0.717) is 30.8 Å². The maximum absolute atomic E-state index is 11.0. The van der Waals surface area contributed by atoms with E-state index in [9.17, 15) is 10.1 Å². The molecule has 1 fully saturated rings. The van der Waals surface area contributed by atoms with Gasteiger partial charge in [-0.15, -0.1) is 0 Å². The van der Waals surface area contributed by atoms with Crippen LogP contribution in [0.15, 0.2) is 18.2 Å². The Balaban J connectivity index is 2.12. The van der Waals surface area contributed by atoms with Crippen molar-refractivity contribution >= 4 is 5.69 Å². The number of rotatable bonds is 7. The van der Waals surface area contributed by atoms with Crippen molar-refractivity contribution in [2.45, 2.75) is 25.4 Å². The van der Waals surface area contributed by atoms with Crippen molar-refractivity contribution < 1.29 is 9.66 Å². The van der Waals surface area contributed by atoms with Gasteiger partial charge in [-0.3, -0.25) is 15.0 Å². The molecule has 0 aliphatic heterocycles. The molecule has 1 atom stereocenters. The summed E-state index contributed by atoms with van der Waals surface area (Å²) in [5, 5.41) is 11.0. The molecule has 0 aromatic heterocycles. The molecule has 0 spiro atoms. The molecule has 1 aromatic carbocycles. The first-order valence-corrected chi connectivity index (χ1v) is 6.78. The third-order valence-electron chi connectivity index (χ3n) is 3.85. The van der Waals surface area contributed by atoms with Crippen LogP contribution < -0.4 is 10.5 Å². The Bertz CT molecular complexity index is 489. The standard InChI is InChI=1S/C14H21N3O3/c1-16(13(8-15)11-4-5-11)9-10-3-6-14(20-2)12(7-10)17(18)19/h3,6-7,11,13H,4-5,8-9,15H2,1-2H3. The molecule has 2 N–H and O–H groups in total. The summed E-state index contributed by atoms with van der Waals surface area (Å²) in [5.74, 6) is 0.970. The molecule has 110 valence electrons. The molecule has 1 unspecified atom stereocenters. The Kier molecular flexibility index (Phi) is 4.57. The van der Waals surface area contributed by atoms with Gasteiger partial charge >= 0.3 is 5.69 Å². The molecule has 0 saturated heterocycles. The average molecular weight is 279 g/mol. The summed E-state index contributed by atoms with van der Waals surface area (Å²) in [7, 11) is 3.46. The summed E-state index contributed by atoms with van der Waals surface area (Å²) in [5.41, 5.74) is 6.73. The third-order valence-corrected chi connectivity index (χ3v) is 3.85. The van der Waals surface area contributed by atoms with E-state index in [1.807, 2.05) is 13.1 Å². The summed E-state index contributed by atoms with van der Waals surface area (Å²) in [6.45, 7) is 1.28. The van der Waals surface area contributed by atoms with Crippen LogP contribution in [0.25, 0.3) is 0 Å². The number of methoxy groups -OCH3 is 1. The lowest BCUT2D eigenvalue weighted by Crippen LogP contribution is -2.39. The van der Waals surface area contributed by atoms with E-state index in [4.69, 9.17) is 10.5 Å². The molecule has 1 aliphatic carbocycles. The van der Waals surface area contributed by atoms with Gasteiger partial charge < -0.3 is 10.5 Å². The fraction of sp³-hybridized carbons (Fsp3) is 0.571. The van der Waals surface area contributed by atoms with Crippen LogP contribution >= 0.6 is 0 Å². The lowest BCUT2D eigenvalue weighted by atomic mass is 10.1. The molecule has 6 heteroatoms. The lowest BCUT2D eigenvalue weighted by molar-refractivity contribution is -0.385. The number of hydrogen-bond acceptors (Lipinski definition) is 5. The lowest BCUT2D eigenvalue weighted by Gasteiger charge is -2.27. The highest BCUT2D eigenvalue weighted by Crippen LogP contribution is 2.35. The van der Waals surface area contributed by atoms with Crippen LogP contribution in [0.1, 0.15) is 18.4 Å². The van der Waals surface area contributed by atoms with Crippen molar-refractivity contribution in [3.05, 3.63) is 33.9 Å². The number of nitro benzene ring substituents is 1. The van der Waals surface area contributed by atoms with E-state index in [1.54, 1.807) is 12.1 Å². The van der Waals surface area contributed by atoms with Gasteiger partial charge in [0, 0.05) is 25.2 Å². The van der Waals surface area contributed by atoms with E-state index in [2.05, 4.69) is 4.90 Å². The molecule has 0 radical (unpaired) electrons. The molecule has 0 amide bonds. The van der Waals surface area contributed by atoms with Crippen LogP contribution in [-0.2, 0) is 6.54 Å². The number of nitro groups is 1. The first kappa shape index (κ1) is 14.7. The van der Waals surface area contributed by atoms with Crippen LogP contribution in [0.3, 0.4) is 0 Å². The van der Waals surface area contributed by atoms with E-state index in [1.165, 1.54) is 20.0 Å². The fourth-order valence-corrected chi connectivity index (χ4v) is 2.60. The number of likely N-dealkylation sites (N-methyl/N-ethyl adjacent to an activating group) is 1. The minimum absolute atomic E-state index is 0.00844. The minimum Gasteiger partial charge on any atom is -0.490 e. The second-order valence-corrected chi connectivity index (χ2v) is 5.32. The quantitative estimate of drug-likeness (QED) is 0.607. The fourth-order valence-electron chi connectivity index (χ4n) is 2.60. The SMILES string of the molecule is COc1ccc(CN(C)C(CN)C2CC2)cc1[N+](=O)[O-]. The van der Waals surface area contributed by atoms with Crippen molar-refractivity contribution in [2.24, 2.45) is 11.7 Å². The van der Waals surface area contributed by atoms with Crippen LogP contribution in [0.2, 0.25) is 0 Å². The Labute approximate surface area is 118 Å². The smallest absolute Gasteiger partial charge is 0.311 e. The van der Waals surface area contributed by atoms with E-state index >= 15 is 0 Å². The largest absolute Gasteiger partial charge is 0.490 e. The predicted molar refractivity (Wildman–Crippen MR) is 76.7 cm³/mol. The van der Waals surface area contributed by atoms with Gasteiger partial charge in [0.2, 0.25) is 0 Å². The highest BCUT2D eigenvalue weighted by molar-refractivity contribution is 5.48. The predicted octanol–water partition coefficient (Wildman–Crippen LogP) is 1.77. The summed E-state index contributed by atoms with van der Waals surface area (Å²) in [6, 6.07) is 5.45. The molecule has 0 heterocycles.